The number of nitrogens with zero attached hydrogens (tertiary/aromatic N) is 2. The Balaban J connectivity index is 1.22. The van der Waals surface area contributed by atoms with Crippen molar-refractivity contribution in [2.45, 2.75) is 17.9 Å². The third-order valence-corrected chi connectivity index (χ3v) is 6.88. The molecule has 1 unspecified atom stereocenters. The predicted molar refractivity (Wildman–Crippen MR) is 114 cm³/mol. The topological polar surface area (TPSA) is 79.3 Å². The van der Waals surface area contributed by atoms with Crippen molar-refractivity contribution in [1.29, 1.82) is 0 Å². The Bertz CT molecular complexity index is 947. The molecule has 1 N–H and O–H groups in total. The van der Waals surface area contributed by atoms with Gasteiger partial charge in [-0.25, -0.2) is 4.79 Å². The maximum absolute atomic E-state index is 12.8. The van der Waals surface area contributed by atoms with E-state index in [9.17, 15) is 14.7 Å². The van der Waals surface area contributed by atoms with Crippen LogP contribution in [0.15, 0.2) is 48.5 Å². The molecule has 7 nitrogen and oxygen atoms in total. The minimum Gasteiger partial charge on any atom is -0.480 e. The van der Waals surface area contributed by atoms with Gasteiger partial charge in [-0.05, 0) is 22.3 Å². The van der Waals surface area contributed by atoms with Gasteiger partial charge < -0.3 is 19.5 Å². The molecule has 2 aliphatic heterocycles. The first-order valence-corrected chi connectivity index (χ1v) is 10.8. The van der Waals surface area contributed by atoms with Crippen molar-refractivity contribution in [2.24, 2.45) is 0 Å². The number of ether oxygens (including phenoxy) is 2. The summed E-state index contributed by atoms with van der Waals surface area (Å²) < 4.78 is 11.1. The molecule has 7 heteroatoms. The molecule has 1 aliphatic carbocycles. The second-order valence-electron chi connectivity index (χ2n) is 8.42. The Kier molecular flexibility index (Phi) is 5.16. The summed E-state index contributed by atoms with van der Waals surface area (Å²) in [5, 5.41) is 9.73. The summed E-state index contributed by atoms with van der Waals surface area (Å²) in [6.07, 6.45) is 0.140. The molecule has 2 fully saturated rings. The summed E-state index contributed by atoms with van der Waals surface area (Å²) in [4.78, 5) is 28.2. The molecule has 5 rings (SSSR count). The Hall–Kier alpha value is -2.90. The fourth-order valence-electron chi connectivity index (χ4n) is 5.11. The standard InChI is InChI=1S/C24H26N2O5/c27-22(28)24(9-14-30-16-24)26-12-10-25(11-13-26)23(29)31-15-21-19-7-3-1-5-17(19)18-6-2-4-8-20(18)21/h1-8,21H,9-16H2,(H,27,28). The molecule has 3 aliphatic rings. The summed E-state index contributed by atoms with van der Waals surface area (Å²) in [7, 11) is 0. The number of aliphatic carboxylic acids is 1. The highest BCUT2D eigenvalue weighted by atomic mass is 16.6. The van der Waals surface area contributed by atoms with Gasteiger partial charge in [0.1, 0.15) is 12.1 Å². The van der Waals surface area contributed by atoms with Crippen LogP contribution in [0.1, 0.15) is 23.5 Å². The van der Waals surface area contributed by atoms with E-state index in [2.05, 4.69) is 24.3 Å². The third kappa shape index (κ3) is 3.38. The van der Waals surface area contributed by atoms with Crippen LogP contribution in [0, 0.1) is 0 Å². The lowest BCUT2D eigenvalue weighted by molar-refractivity contribution is -0.153. The van der Waals surface area contributed by atoms with Gasteiger partial charge in [-0.15, -0.1) is 0 Å². The molecule has 2 saturated heterocycles. The minimum absolute atomic E-state index is 0.0311. The van der Waals surface area contributed by atoms with Crippen molar-refractivity contribution in [3.8, 4) is 11.1 Å². The number of benzene rings is 2. The van der Waals surface area contributed by atoms with Crippen molar-refractivity contribution in [1.82, 2.24) is 9.80 Å². The summed E-state index contributed by atoms with van der Waals surface area (Å²) in [5.41, 5.74) is 3.81. The van der Waals surface area contributed by atoms with Crippen LogP contribution in [-0.2, 0) is 14.3 Å². The number of carbonyl (C=O) groups excluding carboxylic acids is 1. The first kappa shape index (κ1) is 20.0. The van der Waals surface area contributed by atoms with Gasteiger partial charge in [-0.3, -0.25) is 9.69 Å². The van der Waals surface area contributed by atoms with Crippen LogP contribution in [-0.4, -0.2) is 78.5 Å². The molecule has 0 saturated carbocycles. The van der Waals surface area contributed by atoms with E-state index >= 15 is 0 Å². The van der Waals surface area contributed by atoms with E-state index in [1.54, 1.807) is 4.90 Å². The van der Waals surface area contributed by atoms with Crippen molar-refractivity contribution >= 4 is 12.1 Å². The van der Waals surface area contributed by atoms with Crippen LogP contribution < -0.4 is 0 Å². The predicted octanol–water partition coefficient (Wildman–Crippen LogP) is 2.80. The highest BCUT2D eigenvalue weighted by Crippen LogP contribution is 2.44. The zero-order valence-corrected chi connectivity index (χ0v) is 17.3. The maximum atomic E-state index is 12.8. The monoisotopic (exact) mass is 422 g/mol. The second-order valence-corrected chi connectivity index (χ2v) is 8.42. The van der Waals surface area contributed by atoms with Gasteiger partial charge in [0.05, 0.1) is 6.61 Å². The van der Waals surface area contributed by atoms with Crippen LogP contribution in [0.25, 0.3) is 11.1 Å². The fourth-order valence-corrected chi connectivity index (χ4v) is 5.11. The molecule has 2 aromatic rings. The summed E-state index contributed by atoms with van der Waals surface area (Å²) in [5.74, 6) is -0.817. The normalized spacial score (nSPS) is 23.4. The van der Waals surface area contributed by atoms with Crippen molar-refractivity contribution < 1.29 is 24.2 Å². The number of carbonyl (C=O) groups is 2. The zero-order chi connectivity index (χ0) is 21.4. The van der Waals surface area contributed by atoms with Crippen molar-refractivity contribution in [3.05, 3.63) is 59.7 Å². The van der Waals surface area contributed by atoms with E-state index in [4.69, 9.17) is 9.47 Å². The quantitative estimate of drug-likeness (QED) is 0.816. The van der Waals surface area contributed by atoms with E-state index in [-0.39, 0.29) is 18.6 Å². The molecule has 2 heterocycles. The van der Waals surface area contributed by atoms with E-state index in [1.807, 2.05) is 29.2 Å². The highest BCUT2D eigenvalue weighted by Gasteiger charge is 2.48. The molecule has 31 heavy (non-hydrogen) atoms. The molecular weight excluding hydrogens is 396 g/mol. The van der Waals surface area contributed by atoms with Gasteiger partial charge in [-0.2, -0.15) is 0 Å². The van der Waals surface area contributed by atoms with Gasteiger partial charge in [0.15, 0.2) is 0 Å². The number of carboxylic acid groups (broad SMARTS) is 1. The van der Waals surface area contributed by atoms with Gasteiger partial charge in [-0.1, -0.05) is 48.5 Å². The first-order valence-electron chi connectivity index (χ1n) is 10.8. The molecule has 0 bridgehead atoms. The van der Waals surface area contributed by atoms with Crippen LogP contribution in [0.5, 0.6) is 0 Å². The van der Waals surface area contributed by atoms with Crippen molar-refractivity contribution in [2.75, 3.05) is 46.0 Å². The SMILES string of the molecule is O=C(OCC1c2ccccc2-c2ccccc21)N1CCN(C2(C(=O)O)CCOC2)CC1. The van der Waals surface area contributed by atoms with E-state index in [0.717, 1.165) is 0 Å². The summed E-state index contributed by atoms with van der Waals surface area (Å²) in [6, 6.07) is 16.5. The largest absolute Gasteiger partial charge is 0.480 e. The number of carboxylic acids is 1. The van der Waals surface area contributed by atoms with Crippen LogP contribution in [0.4, 0.5) is 4.79 Å². The Morgan fingerprint density at radius 2 is 1.61 bits per heavy atom. The summed E-state index contributed by atoms with van der Waals surface area (Å²) in [6.45, 7) is 2.85. The lowest BCUT2D eigenvalue weighted by Gasteiger charge is -2.42. The lowest BCUT2D eigenvalue weighted by atomic mass is 9.95. The molecular formula is C24H26N2O5. The van der Waals surface area contributed by atoms with Gasteiger partial charge in [0.25, 0.3) is 0 Å². The average Bonchev–Trinajstić information content (AvgIpc) is 3.42. The second kappa shape index (κ2) is 7.98. The van der Waals surface area contributed by atoms with E-state index < -0.39 is 11.5 Å². The van der Waals surface area contributed by atoms with Crippen LogP contribution in [0.3, 0.4) is 0 Å². The minimum atomic E-state index is -0.965. The maximum Gasteiger partial charge on any atom is 0.409 e. The molecule has 0 radical (unpaired) electrons. The van der Waals surface area contributed by atoms with Gasteiger partial charge in [0.2, 0.25) is 0 Å². The molecule has 2 aromatic carbocycles. The third-order valence-electron chi connectivity index (χ3n) is 6.88. The number of rotatable bonds is 4. The Morgan fingerprint density at radius 3 is 2.16 bits per heavy atom. The molecule has 0 aromatic heterocycles. The zero-order valence-electron chi connectivity index (χ0n) is 17.3. The Morgan fingerprint density at radius 1 is 1.00 bits per heavy atom. The Labute approximate surface area is 181 Å². The first-order chi connectivity index (χ1) is 15.1. The van der Waals surface area contributed by atoms with Gasteiger partial charge >= 0.3 is 12.1 Å². The van der Waals surface area contributed by atoms with Crippen LogP contribution in [0.2, 0.25) is 0 Å². The van der Waals surface area contributed by atoms with Crippen molar-refractivity contribution in [3.63, 3.8) is 0 Å². The highest BCUT2D eigenvalue weighted by molar-refractivity contribution is 5.80. The molecule has 1 amide bonds. The number of hydrogen-bond acceptors (Lipinski definition) is 5. The lowest BCUT2D eigenvalue weighted by Crippen LogP contribution is -2.62. The smallest absolute Gasteiger partial charge is 0.409 e. The number of fused-ring (bicyclic) bond motifs is 3. The average molecular weight is 422 g/mol. The molecule has 1 atom stereocenters. The number of piperazine rings is 1. The number of amides is 1. The van der Waals surface area contributed by atoms with Gasteiger partial charge in [0, 0.05) is 45.1 Å². The molecule has 0 spiro atoms. The van der Waals surface area contributed by atoms with E-state index in [0.29, 0.717) is 45.8 Å². The summed E-state index contributed by atoms with van der Waals surface area (Å²) >= 11 is 0. The number of hydrogen-bond donors (Lipinski definition) is 1. The van der Waals surface area contributed by atoms with Crippen LogP contribution >= 0.6 is 0 Å². The fraction of sp³-hybridized carbons (Fsp3) is 0.417. The van der Waals surface area contributed by atoms with E-state index in [1.165, 1.54) is 22.3 Å². The molecule has 162 valence electrons.